The van der Waals surface area contributed by atoms with Gasteiger partial charge in [-0.3, -0.25) is 0 Å². The molecule has 70 valence electrons. The maximum absolute atomic E-state index is 6.35. The first-order valence-corrected chi connectivity index (χ1v) is 4.89. The van der Waals surface area contributed by atoms with Crippen molar-refractivity contribution in [3.05, 3.63) is 0 Å². The Bertz CT molecular complexity index is 213. The molecule has 2 aliphatic carbocycles. The number of nitrogens with two attached hydrogens (primary N) is 2. The van der Waals surface area contributed by atoms with E-state index in [2.05, 4.69) is 20.8 Å². The maximum atomic E-state index is 6.35. The molecule has 0 heterocycles. The Kier molecular flexibility index (Phi) is 1.33. The van der Waals surface area contributed by atoms with Gasteiger partial charge in [-0.05, 0) is 44.4 Å². The Labute approximate surface area is 74.7 Å². The quantitative estimate of drug-likeness (QED) is 0.572. The molecule has 2 rings (SSSR count). The zero-order valence-corrected chi connectivity index (χ0v) is 8.35. The Morgan fingerprint density at radius 1 is 1.17 bits per heavy atom. The van der Waals surface area contributed by atoms with Gasteiger partial charge in [0.15, 0.2) is 0 Å². The summed E-state index contributed by atoms with van der Waals surface area (Å²) in [6, 6.07) is 0. The van der Waals surface area contributed by atoms with E-state index < -0.39 is 0 Å². The lowest BCUT2D eigenvalue weighted by atomic mass is 9.64. The third kappa shape index (κ3) is 0.647. The third-order valence-corrected chi connectivity index (χ3v) is 4.96. The van der Waals surface area contributed by atoms with E-state index in [-0.39, 0.29) is 11.1 Å². The van der Waals surface area contributed by atoms with Crippen LogP contribution in [0.2, 0.25) is 0 Å². The molecule has 2 fully saturated rings. The average molecular weight is 168 g/mol. The second-order valence-corrected chi connectivity index (χ2v) is 5.49. The highest BCUT2D eigenvalue weighted by Gasteiger charge is 2.65. The van der Waals surface area contributed by atoms with Gasteiger partial charge in [-0.15, -0.1) is 0 Å². The second-order valence-electron chi connectivity index (χ2n) is 5.49. The SMILES string of the molecule is CC12CCC(C1)C(C)(N)C2(C)N. The Morgan fingerprint density at radius 2 is 1.75 bits per heavy atom. The van der Waals surface area contributed by atoms with E-state index in [0.29, 0.717) is 11.3 Å². The summed E-state index contributed by atoms with van der Waals surface area (Å²) in [6.07, 6.45) is 3.76. The molecular weight excluding hydrogens is 148 g/mol. The first kappa shape index (κ1) is 8.52. The highest BCUT2D eigenvalue weighted by molar-refractivity contribution is 5.23. The summed E-state index contributed by atoms with van der Waals surface area (Å²) in [5, 5.41) is 0. The van der Waals surface area contributed by atoms with E-state index >= 15 is 0 Å². The van der Waals surface area contributed by atoms with Crippen LogP contribution >= 0.6 is 0 Å². The second kappa shape index (κ2) is 1.88. The van der Waals surface area contributed by atoms with Crippen LogP contribution in [0.4, 0.5) is 0 Å². The van der Waals surface area contributed by atoms with Crippen LogP contribution in [0.25, 0.3) is 0 Å². The van der Waals surface area contributed by atoms with Crippen molar-refractivity contribution in [2.45, 2.75) is 51.1 Å². The summed E-state index contributed by atoms with van der Waals surface area (Å²) < 4.78 is 0. The van der Waals surface area contributed by atoms with Crippen LogP contribution in [0, 0.1) is 11.3 Å². The van der Waals surface area contributed by atoms with Crippen LogP contribution in [0.15, 0.2) is 0 Å². The molecule has 12 heavy (non-hydrogen) atoms. The van der Waals surface area contributed by atoms with Crippen molar-refractivity contribution in [3.8, 4) is 0 Å². The number of fused-ring (bicyclic) bond motifs is 2. The molecule has 4 atom stereocenters. The summed E-state index contributed by atoms with van der Waals surface area (Å²) in [5.41, 5.74) is 12.6. The number of hydrogen-bond acceptors (Lipinski definition) is 2. The summed E-state index contributed by atoms with van der Waals surface area (Å²) in [4.78, 5) is 0. The van der Waals surface area contributed by atoms with Gasteiger partial charge in [0, 0.05) is 11.1 Å². The van der Waals surface area contributed by atoms with E-state index in [9.17, 15) is 0 Å². The molecule has 0 aromatic carbocycles. The predicted octanol–water partition coefficient (Wildman–Crippen LogP) is 1.24. The van der Waals surface area contributed by atoms with Crippen LogP contribution < -0.4 is 11.5 Å². The first-order valence-electron chi connectivity index (χ1n) is 4.89. The fraction of sp³-hybridized carbons (Fsp3) is 1.00. The minimum atomic E-state index is -0.178. The smallest absolute Gasteiger partial charge is 0.0362 e. The molecule has 2 heteroatoms. The molecule has 0 amide bonds. The maximum Gasteiger partial charge on any atom is 0.0362 e. The van der Waals surface area contributed by atoms with E-state index in [1.54, 1.807) is 0 Å². The zero-order chi connectivity index (χ0) is 9.20. The first-order chi connectivity index (χ1) is 5.31. The molecule has 0 aliphatic heterocycles. The van der Waals surface area contributed by atoms with Crippen LogP contribution in [-0.2, 0) is 0 Å². The van der Waals surface area contributed by atoms with E-state index in [1.165, 1.54) is 19.3 Å². The van der Waals surface area contributed by atoms with Crippen molar-refractivity contribution in [2.24, 2.45) is 22.8 Å². The van der Waals surface area contributed by atoms with E-state index in [1.807, 2.05) is 0 Å². The average Bonchev–Trinajstić information content (AvgIpc) is 2.36. The molecular formula is C10H20N2. The highest BCUT2D eigenvalue weighted by Crippen LogP contribution is 2.61. The standard InChI is InChI=1S/C10H20N2/c1-8-5-4-7(6-8)9(2,11)10(8,3)12/h7H,4-6,11-12H2,1-3H3. The third-order valence-electron chi connectivity index (χ3n) is 4.96. The zero-order valence-electron chi connectivity index (χ0n) is 8.35. The lowest BCUT2D eigenvalue weighted by molar-refractivity contribution is 0.105. The molecule has 0 saturated heterocycles. The number of rotatable bonds is 0. The molecule has 0 aromatic rings. The molecule has 2 bridgehead atoms. The summed E-state index contributed by atoms with van der Waals surface area (Å²) in [5.74, 6) is 0.650. The van der Waals surface area contributed by atoms with Gasteiger partial charge in [0.2, 0.25) is 0 Å². The molecule has 2 saturated carbocycles. The van der Waals surface area contributed by atoms with Crippen molar-refractivity contribution in [2.75, 3.05) is 0 Å². The van der Waals surface area contributed by atoms with E-state index in [4.69, 9.17) is 11.5 Å². The molecule has 2 aliphatic rings. The van der Waals surface area contributed by atoms with Crippen LogP contribution in [0.5, 0.6) is 0 Å². The number of hydrogen-bond donors (Lipinski definition) is 2. The topological polar surface area (TPSA) is 52.0 Å². The fourth-order valence-electron chi connectivity index (χ4n) is 3.30. The lowest BCUT2D eigenvalue weighted by Crippen LogP contribution is -2.68. The minimum absolute atomic E-state index is 0.153. The van der Waals surface area contributed by atoms with Crippen molar-refractivity contribution in [1.29, 1.82) is 0 Å². The summed E-state index contributed by atoms with van der Waals surface area (Å²) in [6.45, 7) is 6.55. The van der Waals surface area contributed by atoms with Crippen LogP contribution in [0.1, 0.15) is 40.0 Å². The highest BCUT2D eigenvalue weighted by atomic mass is 15.0. The van der Waals surface area contributed by atoms with Crippen LogP contribution in [0.3, 0.4) is 0 Å². The van der Waals surface area contributed by atoms with Crippen molar-refractivity contribution >= 4 is 0 Å². The molecule has 2 nitrogen and oxygen atoms in total. The minimum Gasteiger partial charge on any atom is -0.324 e. The molecule has 4 N–H and O–H groups in total. The van der Waals surface area contributed by atoms with Gasteiger partial charge in [0.25, 0.3) is 0 Å². The predicted molar refractivity (Wildman–Crippen MR) is 50.6 cm³/mol. The van der Waals surface area contributed by atoms with Crippen LogP contribution in [-0.4, -0.2) is 11.1 Å². The summed E-state index contributed by atoms with van der Waals surface area (Å²) in [7, 11) is 0. The lowest BCUT2D eigenvalue weighted by Gasteiger charge is -2.49. The van der Waals surface area contributed by atoms with Gasteiger partial charge in [-0.2, -0.15) is 0 Å². The van der Waals surface area contributed by atoms with Crippen molar-refractivity contribution in [3.63, 3.8) is 0 Å². The molecule has 0 spiro atoms. The largest absolute Gasteiger partial charge is 0.324 e. The monoisotopic (exact) mass is 168 g/mol. The Hall–Kier alpha value is -0.0800. The van der Waals surface area contributed by atoms with Gasteiger partial charge < -0.3 is 11.5 Å². The molecule has 4 unspecified atom stereocenters. The van der Waals surface area contributed by atoms with Crippen molar-refractivity contribution < 1.29 is 0 Å². The van der Waals surface area contributed by atoms with Gasteiger partial charge in [0.1, 0.15) is 0 Å². The van der Waals surface area contributed by atoms with Gasteiger partial charge in [-0.1, -0.05) is 6.92 Å². The Morgan fingerprint density at radius 3 is 2.00 bits per heavy atom. The fourth-order valence-corrected chi connectivity index (χ4v) is 3.30. The van der Waals surface area contributed by atoms with Gasteiger partial charge >= 0.3 is 0 Å². The van der Waals surface area contributed by atoms with Crippen molar-refractivity contribution in [1.82, 2.24) is 0 Å². The molecule has 0 radical (unpaired) electrons. The Balaban J connectivity index is 2.46. The summed E-state index contributed by atoms with van der Waals surface area (Å²) >= 11 is 0. The normalized spacial score (nSPS) is 64.2. The van der Waals surface area contributed by atoms with E-state index in [0.717, 1.165) is 0 Å². The van der Waals surface area contributed by atoms with Gasteiger partial charge in [0.05, 0.1) is 0 Å². The van der Waals surface area contributed by atoms with Gasteiger partial charge in [-0.25, -0.2) is 0 Å². The molecule has 0 aromatic heterocycles.